The Bertz CT molecular complexity index is 849. The molecule has 0 radical (unpaired) electrons. The van der Waals surface area contributed by atoms with Gasteiger partial charge in [-0.2, -0.15) is 0 Å². The van der Waals surface area contributed by atoms with Gasteiger partial charge in [0.05, 0.1) is 0 Å². The number of hydrogen-bond donors (Lipinski definition) is 2. The molecule has 0 spiro atoms. The molecule has 0 fully saturated rings. The zero-order chi connectivity index (χ0) is 19.0. The van der Waals surface area contributed by atoms with Gasteiger partial charge in [-0.1, -0.05) is 29.8 Å². The molecule has 0 saturated heterocycles. The molecular formula is C24H28N2. The standard InChI is InChI=1S/C24H28N2/c1-14-6-8-19(9-7-14)24(22-15(2)10-20(25)11-16(22)3)23-17(4)12-21(26)13-18(23)5/h6-13,24H,25-26H2,1-5H3. The van der Waals surface area contributed by atoms with Crippen molar-refractivity contribution in [1.29, 1.82) is 0 Å². The summed E-state index contributed by atoms with van der Waals surface area (Å²) in [4.78, 5) is 0. The van der Waals surface area contributed by atoms with E-state index in [1.807, 2.05) is 0 Å². The fraction of sp³-hybridized carbons (Fsp3) is 0.250. The maximum atomic E-state index is 6.09. The molecule has 0 aromatic heterocycles. The second-order valence-electron chi connectivity index (χ2n) is 7.48. The molecular weight excluding hydrogens is 316 g/mol. The maximum absolute atomic E-state index is 6.09. The molecule has 26 heavy (non-hydrogen) atoms. The van der Waals surface area contributed by atoms with Gasteiger partial charge < -0.3 is 11.5 Å². The van der Waals surface area contributed by atoms with E-state index in [2.05, 4.69) is 83.1 Å². The zero-order valence-corrected chi connectivity index (χ0v) is 16.4. The quantitative estimate of drug-likeness (QED) is 0.482. The van der Waals surface area contributed by atoms with E-state index in [1.54, 1.807) is 0 Å². The molecule has 0 bridgehead atoms. The molecule has 2 heteroatoms. The van der Waals surface area contributed by atoms with Crippen LogP contribution >= 0.6 is 0 Å². The second kappa shape index (κ2) is 6.87. The van der Waals surface area contributed by atoms with Crippen LogP contribution in [0, 0.1) is 34.6 Å². The summed E-state index contributed by atoms with van der Waals surface area (Å²) >= 11 is 0. The van der Waals surface area contributed by atoms with Crippen LogP contribution in [0.15, 0.2) is 48.5 Å². The van der Waals surface area contributed by atoms with Gasteiger partial charge in [0, 0.05) is 17.3 Å². The Kier molecular flexibility index (Phi) is 4.78. The van der Waals surface area contributed by atoms with Crippen LogP contribution in [0.25, 0.3) is 0 Å². The minimum absolute atomic E-state index is 0.164. The third kappa shape index (κ3) is 3.32. The van der Waals surface area contributed by atoms with Crippen LogP contribution in [0.3, 0.4) is 0 Å². The van der Waals surface area contributed by atoms with Crippen LogP contribution < -0.4 is 11.5 Å². The highest BCUT2D eigenvalue weighted by molar-refractivity contribution is 5.60. The number of aryl methyl sites for hydroxylation is 5. The number of benzene rings is 3. The first-order chi connectivity index (χ1) is 12.3. The molecule has 0 atom stereocenters. The van der Waals surface area contributed by atoms with Gasteiger partial charge in [-0.25, -0.2) is 0 Å². The lowest BCUT2D eigenvalue weighted by molar-refractivity contribution is 0.923. The summed E-state index contributed by atoms with van der Waals surface area (Å²) in [6.07, 6.45) is 0. The van der Waals surface area contributed by atoms with Crippen LogP contribution in [0.5, 0.6) is 0 Å². The number of nitrogens with two attached hydrogens (primary N) is 2. The minimum atomic E-state index is 0.164. The molecule has 3 rings (SSSR count). The van der Waals surface area contributed by atoms with Gasteiger partial charge in [-0.15, -0.1) is 0 Å². The van der Waals surface area contributed by atoms with Gasteiger partial charge in [-0.05, 0) is 97.8 Å². The molecule has 4 N–H and O–H groups in total. The van der Waals surface area contributed by atoms with E-state index in [1.165, 1.54) is 44.5 Å². The molecule has 134 valence electrons. The molecule has 0 saturated carbocycles. The molecule has 0 unspecified atom stereocenters. The monoisotopic (exact) mass is 344 g/mol. The van der Waals surface area contributed by atoms with Crippen molar-refractivity contribution in [3.8, 4) is 0 Å². The minimum Gasteiger partial charge on any atom is -0.399 e. The lowest BCUT2D eigenvalue weighted by Crippen LogP contribution is -2.12. The van der Waals surface area contributed by atoms with E-state index in [-0.39, 0.29) is 5.92 Å². The maximum Gasteiger partial charge on any atom is 0.0350 e. The molecule has 2 nitrogen and oxygen atoms in total. The lowest BCUT2D eigenvalue weighted by atomic mass is 9.77. The molecule has 0 aliphatic carbocycles. The van der Waals surface area contributed by atoms with Crippen LogP contribution in [0.1, 0.15) is 50.4 Å². The fourth-order valence-electron chi connectivity index (χ4n) is 4.16. The lowest BCUT2D eigenvalue weighted by Gasteiger charge is -2.27. The van der Waals surface area contributed by atoms with Gasteiger partial charge in [-0.3, -0.25) is 0 Å². The average Bonchev–Trinajstić information content (AvgIpc) is 2.52. The van der Waals surface area contributed by atoms with Crippen molar-refractivity contribution < 1.29 is 0 Å². The van der Waals surface area contributed by atoms with Crippen molar-refractivity contribution in [3.63, 3.8) is 0 Å². The Hall–Kier alpha value is -2.74. The van der Waals surface area contributed by atoms with Gasteiger partial charge in [0.1, 0.15) is 0 Å². The number of nitrogen functional groups attached to an aromatic ring is 2. The van der Waals surface area contributed by atoms with Crippen LogP contribution in [-0.4, -0.2) is 0 Å². The first-order valence-electron chi connectivity index (χ1n) is 9.07. The molecule has 3 aromatic rings. The van der Waals surface area contributed by atoms with Gasteiger partial charge >= 0.3 is 0 Å². The molecule has 0 aliphatic heterocycles. The van der Waals surface area contributed by atoms with Crippen molar-refractivity contribution in [2.75, 3.05) is 11.5 Å². The zero-order valence-electron chi connectivity index (χ0n) is 16.4. The van der Waals surface area contributed by atoms with Crippen molar-refractivity contribution in [1.82, 2.24) is 0 Å². The van der Waals surface area contributed by atoms with Crippen LogP contribution in [0.2, 0.25) is 0 Å². The summed E-state index contributed by atoms with van der Waals surface area (Å²) in [6, 6.07) is 17.2. The summed E-state index contributed by atoms with van der Waals surface area (Å²) in [5.41, 5.74) is 23.9. The third-order valence-corrected chi connectivity index (χ3v) is 5.22. The Morgan fingerprint density at radius 3 is 1.27 bits per heavy atom. The number of rotatable bonds is 3. The number of hydrogen-bond acceptors (Lipinski definition) is 2. The number of anilines is 2. The van der Waals surface area contributed by atoms with E-state index < -0.39 is 0 Å². The summed E-state index contributed by atoms with van der Waals surface area (Å²) < 4.78 is 0. The Labute approximate surface area is 156 Å². The SMILES string of the molecule is Cc1ccc(C(c2c(C)cc(N)cc2C)c2c(C)cc(N)cc2C)cc1. The molecule has 3 aromatic carbocycles. The van der Waals surface area contributed by atoms with Crippen molar-refractivity contribution >= 4 is 11.4 Å². The van der Waals surface area contributed by atoms with Crippen molar-refractivity contribution in [3.05, 3.63) is 93.0 Å². The fourth-order valence-corrected chi connectivity index (χ4v) is 4.16. The van der Waals surface area contributed by atoms with Gasteiger partial charge in [0.15, 0.2) is 0 Å². The van der Waals surface area contributed by atoms with E-state index >= 15 is 0 Å². The predicted octanol–water partition coefficient (Wildman–Crippen LogP) is 5.57. The molecule has 0 amide bonds. The topological polar surface area (TPSA) is 52.0 Å². The predicted molar refractivity (Wildman–Crippen MR) is 113 cm³/mol. The van der Waals surface area contributed by atoms with E-state index in [0.717, 1.165) is 11.4 Å². The smallest absolute Gasteiger partial charge is 0.0350 e. The molecule has 0 heterocycles. The largest absolute Gasteiger partial charge is 0.399 e. The first kappa shape index (κ1) is 18.1. The summed E-state index contributed by atoms with van der Waals surface area (Å²) in [6.45, 7) is 10.7. The Balaban J connectivity index is 2.34. The van der Waals surface area contributed by atoms with Crippen LogP contribution in [-0.2, 0) is 0 Å². The Morgan fingerprint density at radius 1 is 0.577 bits per heavy atom. The average molecular weight is 345 g/mol. The van der Waals surface area contributed by atoms with E-state index in [4.69, 9.17) is 11.5 Å². The Morgan fingerprint density at radius 2 is 0.923 bits per heavy atom. The molecule has 0 aliphatic rings. The van der Waals surface area contributed by atoms with Gasteiger partial charge in [0.25, 0.3) is 0 Å². The van der Waals surface area contributed by atoms with Crippen LogP contribution in [0.4, 0.5) is 11.4 Å². The normalized spacial score (nSPS) is 11.2. The summed E-state index contributed by atoms with van der Waals surface area (Å²) in [5.74, 6) is 0.164. The highest BCUT2D eigenvalue weighted by atomic mass is 14.6. The summed E-state index contributed by atoms with van der Waals surface area (Å²) in [7, 11) is 0. The third-order valence-electron chi connectivity index (χ3n) is 5.22. The highest BCUT2D eigenvalue weighted by Crippen LogP contribution is 2.40. The van der Waals surface area contributed by atoms with Crippen molar-refractivity contribution in [2.24, 2.45) is 0 Å². The van der Waals surface area contributed by atoms with Crippen molar-refractivity contribution in [2.45, 2.75) is 40.5 Å². The second-order valence-corrected chi connectivity index (χ2v) is 7.48. The van der Waals surface area contributed by atoms with Gasteiger partial charge in [0.2, 0.25) is 0 Å². The summed E-state index contributed by atoms with van der Waals surface area (Å²) in [5, 5.41) is 0. The first-order valence-corrected chi connectivity index (χ1v) is 9.07. The van der Waals surface area contributed by atoms with E-state index in [9.17, 15) is 0 Å². The van der Waals surface area contributed by atoms with E-state index in [0.29, 0.717) is 0 Å². The highest BCUT2D eigenvalue weighted by Gasteiger charge is 2.24.